The van der Waals surface area contributed by atoms with E-state index in [1.54, 1.807) is 14.1 Å². The summed E-state index contributed by atoms with van der Waals surface area (Å²) in [7, 11) is 3.43. The maximum Gasteiger partial charge on any atom is 0.224 e. The zero-order valence-corrected chi connectivity index (χ0v) is 14.0. The summed E-state index contributed by atoms with van der Waals surface area (Å²) in [6, 6.07) is -0.193. The topological polar surface area (TPSA) is 88.1 Å². The van der Waals surface area contributed by atoms with Crippen molar-refractivity contribution in [1.29, 1.82) is 0 Å². The second-order valence-corrected chi connectivity index (χ2v) is 6.55. The number of aliphatic hydroxyl groups is 1. The fourth-order valence-corrected chi connectivity index (χ4v) is 3.08. The van der Waals surface area contributed by atoms with Crippen LogP contribution in [0.2, 0.25) is 0 Å². The molecule has 2 aliphatic rings. The van der Waals surface area contributed by atoms with Crippen LogP contribution in [-0.4, -0.2) is 74.0 Å². The molecule has 0 aromatic heterocycles. The Bertz CT molecular complexity index is 409. The minimum Gasteiger partial charge on any atom is -0.394 e. The van der Waals surface area contributed by atoms with Gasteiger partial charge in [0.25, 0.3) is 0 Å². The molecule has 0 aliphatic carbocycles. The van der Waals surface area contributed by atoms with Gasteiger partial charge in [0.2, 0.25) is 11.8 Å². The molecule has 0 unspecified atom stereocenters. The fraction of sp³-hybridized carbons (Fsp3) is 0.875. The van der Waals surface area contributed by atoms with E-state index in [-0.39, 0.29) is 36.5 Å². The SMILES string of the molecule is CN(C)C(=O)C[C@@H]1CC[C@@H](NC(=O)C2CCOCC2)[C@@H](CO)O1. The second-order valence-electron chi connectivity index (χ2n) is 6.55. The molecule has 0 radical (unpaired) electrons. The van der Waals surface area contributed by atoms with Gasteiger partial charge in [-0.1, -0.05) is 0 Å². The summed E-state index contributed by atoms with van der Waals surface area (Å²) in [5, 5.41) is 12.6. The minimum atomic E-state index is -0.451. The van der Waals surface area contributed by atoms with E-state index in [0.717, 1.165) is 12.8 Å². The molecule has 0 bridgehead atoms. The molecule has 0 saturated carbocycles. The molecule has 0 spiro atoms. The summed E-state index contributed by atoms with van der Waals surface area (Å²) >= 11 is 0. The molecular formula is C16H28N2O5. The first-order valence-corrected chi connectivity index (χ1v) is 8.35. The Kier molecular flexibility index (Phi) is 6.80. The molecule has 2 fully saturated rings. The molecule has 2 rings (SSSR count). The van der Waals surface area contributed by atoms with Crippen LogP contribution in [0.3, 0.4) is 0 Å². The van der Waals surface area contributed by atoms with Crippen LogP contribution < -0.4 is 5.32 Å². The van der Waals surface area contributed by atoms with E-state index in [1.165, 1.54) is 4.90 Å². The van der Waals surface area contributed by atoms with E-state index < -0.39 is 6.10 Å². The van der Waals surface area contributed by atoms with E-state index in [0.29, 0.717) is 32.5 Å². The van der Waals surface area contributed by atoms with Crippen molar-refractivity contribution < 1.29 is 24.2 Å². The highest BCUT2D eigenvalue weighted by molar-refractivity contribution is 5.79. The summed E-state index contributed by atoms with van der Waals surface area (Å²) in [6.45, 7) is 1.08. The monoisotopic (exact) mass is 328 g/mol. The number of hydrogen-bond donors (Lipinski definition) is 2. The maximum absolute atomic E-state index is 12.3. The van der Waals surface area contributed by atoms with E-state index in [2.05, 4.69) is 5.32 Å². The van der Waals surface area contributed by atoms with Gasteiger partial charge in [-0.15, -0.1) is 0 Å². The van der Waals surface area contributed by atoms with Gasteiger partial charge in [0, 0.05) is 33.2 Å². The second kappa shape index (κ2) is 8.61. The Morgan fingerprint density at radius 1 is 1.17 bits per heavy atom. The molecule has 7 heteroatoms. The highest BCUT2D eigenvalue weighted by Crippen LogP contribution is 2.23. The third-order valence-electron chi connectivity index (χ3n) is 4.62. The van der Waals surface area contributed by atoms with Crippen LogP contribution in [0.25, 0.3) is 0 Å². The number of nitrogens with one attached hydrogen (secondary N) is 1. The molecular weight excluding hydrogens is 300 g/mol. The normalized spacial score (nSPS) is 29.1. The van der Waals surface area contributed by atoms with Gasteiger partial charge >= 0.3 is 0 Å². The number of nitrogens with zero attached hydrogens (tertiary/aromatic N) is 1. The van der Waals surface area contributed by atoms with Crippen molar-refractivity contribution in [3.63, 3.8) is 0 Å². The fourth-order valence-electron chi connectivity index (χ4n) is 3.08. The van der Waals surface area contributed by atoms with Crippen LogP contribution in [0.4, 0.5) is 0 Å². The van der Waals surface area contributed by atoms with Crippen molar-refractivity contribution >= 4 is 11.8 Å². The van der Waals surface area contributed by atoms with Crippen LogP contribution in [0.15, 0.2) is 0 Å². The smallest absolute Gasteiger partial charge is 0.224 e. The Labute approximate surface area is 137 Å². The summed E-state index contributed by atoms with van der Waals surface area (Å²) < 4.78 is 11.1. The van der Waals surface area contributed by atoms with Crippen molar-refractivity contribution in [2.75, 3.05) is 33.9 Å². The van der Waals surface area contributed by atoms with Gasteiger partial charge in [-0.25, -0.2) is 0 Å². The van der Waals surface area contributed by atoms with Crippen molar-refractivity contribution in [1.82, 2.24) is 10.2 Å². The van der Waals surface area contributed by atoms with Gasteiger partial charge in [-0.05, 0) is 25.7 Å². The lowest BCUT2D eigenvalue weighted by Crippen LogP contribution is -2.53. The third kappa shape index (κ3) is 5.16. The zero-order valence-electron chi connectivity index (χ0n) is 14.0. The lowest BCUT2D eigenvalue weighted by Gasteiger charge is -2.37. The first-order chi connectivity index (χ1) is 11.0. The van der Waals surface area contributed by atoms with Crippen LogP contribution >= 0.6 is 0 Å². The van der Waals surface area contributed by atoms with E-state index in [9.17, 15) is 14.7 Å². The molecule has 3 atom stereocenters. The Morgan fingerprint density at radius 2 is 1.87 bits per heavy atom. The highest BCUT2D eigenvalue weighted by Gasteiger charge is 2.34. The molecule has 2 amide bonds. The Hall–Kier alpha value is -1.18. The van der Waals surface area contributed by atoms with Crippen molar-refractivity contribution in [2.24, 2.45) is 5.92 Å². The first-order valence-electron chi connectivity index (χ1n) is 8.35. The molecule has 2 N–H and O–H groups in total. The van der Waals surface area contributed by atoms with E-state index >= 15 is 0 Å². The third-order valence-corrected chi connectivity index (χ3v) is 4.62. The summed E-state index contributed by atoms with van der Waals surface area (Å²) in [5.41, 5.74) is 0. The van der Waals surface area contributed by atoms with Crippen LogP contribution in [0, 0.1) is 5.92 Å². The van der Waals surface area contributed by atoms with Crippen LogP contribution in [-0.2, 0) is 19.1 Å². The first kappa shape index (κ1) is 18.2. The summed E-state index contributed by atoms with van der Waals surface area (Å²) in [4.78, 5) is 25.6. The molecule has 7 nitrogen and oxygen atoms in total. The molecule has 2 saturated heterocycles. The van der Waals surface area contributed by atoms with E-state index in [1.807, 2.05) is 0 Å². The Morgan fingerprint density at radius 3 is 2.48 bits per heavy atom. The number of carbonyl (C=O) groups excluding carboxylic acids is 2. The lowest BCUT2D eigenvalue weighted by atomic mass is 9.94. The average molecular weight is 328 g/mol. The van der Waals surface area contributed by atoms with Gasteiger partial charge < -0.3 is 24.8 Å². The standard InChI is InChI=1S/C16H28N2O5/c1-18(2)15(20)9-12-3-4-13(14(10-19)23-12)17-16(21)11-5-7-22-8-6-11/h11-14,19H,3-10H2,1-2H3,(H,17,21)/t12-,13+,14+/m0/s1. The predicted molar refractivity (Wildman–Crippen MR) is 83.8 cm³/mol. The van der Waals surface area contributed by atoms with Crippen LogP contribution in [0.5, 0.6) is 0 Å². The largest absolute Gasteiger partial charge is 0.394 e. The molecule has 132 valence electrons. The van der Waals surface area contributed by atoms with E-state index in [4.69, 9.17) is 9.47 Å². The van der Waals surface area contributed by atoms with Crippen molar-refractivity contribution in [3.05, 3.63) is 0 Å². The number of amides is 2. The highest BCUT2D eigenvalue weighted by atomic mass is 16.5. The maximum atomic E-state index is 12.3. The molecule has 0 aromatic rings. The lowest BCUT2D eigenvalue weighted by molar-refractivity contribution is -0.142. The van der Waals surface area contributed by atoms with Crippen LogP contribution in [0.1, 0.15) is 32.1 Å². The molecule has 0 aromatic carbocycles. The van der Waals surface area contributed by atoms with Gasteiger partial charge in [0.05, 0.1) is 25.2 Å². The predicted octanol–water partition coefficient (Wildman–Crippen LogP) is -0.0840. The molecule has 2 heterocycles. The van der Waals surface area contributed by atoms with Gasteiger partial charge in [0.15, 0.2) is 0 Å². The number of hydrogen-bond acceptors (Lipinski definition) is 5. The van der Waals surface area contributed by atoms with Gasteiger partial charge in [-0.2, -0.15) is 0 Å². The summed E-state index contributed by atoms with van der Waals surface area (Å²) in [6.07, 6.45) is 2.56. The summed E-state index contributed by atoms with van der Waals surface area (Å²) in [5.74, 6) is 0.00989. The quantitative estimate of drug-likeness (QED) is 0.737. The average Bonchev–Trinajstić information content (AvgIpc) is 2.56. The number of aliphatic hydroxyl groups excluding tert-OH is 1. The van der Waals surface area contributed by atoms with Crippen molar-refractivity contribution in [3.8, 4) is 0 Å². The zero-order chi connectivity index (χ0) is 16.8. The Balaban J connectivity index is 1.84. The van der Waals surface area contributed by atoms with Crippen molar-refractivity contribution in [2.45, 2.75) is 50.4 Å². The minimum absolute atomic E-state index is 0.0105. The number of carbonyl (C=O) groups is 2. The molecule has 23 heavy (non-hydrogen) atoms. The number of rotatable bonds is 5. The van der Waals surface area contributed by atoms with Gasteiger partial charge in [-0.3, -0.25) is 9.59 Å². The number of ether oxygens (including phenoxy) is 2. The molecule has 2 aliphatic heterocycles. The van der Waals surface area contributed by atoms with Gasteiger partial charge in [0.1, 0.15) is 6.10 Å².